The Bertz CT molecular complexity index is 3240. The zero-order valence-corrected chi connectivity index (χ0v) is 39.9. The third-order valence-electron chi connectivity index (χ3n) is 12.5. The van der Waals surface area contributed by atoms with Crippen molar-refractivity contribution in [3.05, 3.63) is 172 Å². The molecule has 2 aliphatic carbocycles. The molecule has 0 atom stereocenters. The van der Waals surface area contributed by atoms with Gasteiger partial charge in [-0.1, -0.05) is 35.9 Å². The Morgan fingerprint density at radius 2 is 1.03 bits per heavy atom. The number of Topliss-reactive ketones (excluding diaryl/α,β-unsaturated/α-hetero) is 2. The Morgan fingerprint density at radius 1 is 0.592 bits per heavy atom. The monoisotopic (exact) mass is 976 g/mol. The van der Waals surface area contributed by atoms with Crippen LogP contribution in [0.4, 0.5) is 20.2 Å². The lowest BCUT2D eigenvalue weighted by Gasteiger charge is -2.16. The van der Waals surface area contributed by atoms with E-state index in [1.165, 1.54) is 61.2 Å². The van der Waals surface area contributed by atoms with Gasteiger partial charge in [-0.3, -0.25) is 19.2 Å². The van der Waals surface area contributed by atoms with Crippen LogP contribution in [0.25, 0.3) is 22.1 Å². The molecule has 2 aliphatic rings. The Hall–Kier alpha value is -8.11. The van der Waals surface area contributed by atoms with Gasteiger partial charge in [-0.15, -0.1) is 0 Å². The lowest BCUT2D eigenvalue weighted by Crippen LogP contribution is -2.35. The van der Waals surface area contributed by atoms with Crippen LogP contribution in [0.3, 0.4) is 0 Å². The van der Waals surface area contributed by atoms with Crippen LogP contribution >= 0.6 is 11.6 Å². The van der Waals surface area contributed by atoms with Gasteiger partial charge in [-0.05, 0) is 161 Å². The van der Waals surface area contributed by atoms with E-state index in [1.54, 1.807) is 48.5 Å². The molecule has 71 heavy (non-hydrogen) atoms. The number of amides is 2. The quantitative estimate of drug-likeness (QED) is 0.0774. The molecule has 2 saturated carbocycles. The number of aryl methyl sites for hydroxylation is 4. The Kier molecular flexibility index (Phi) is 14.5. The summed E-state index contributed by atoms with van der Waals surface area (Å²) in [5.41, 5.74) is 7.17. The van der Waals surface area contributed by atoms with Gasteiger partial charge in [0.2, 0.25) is 17.7 Å². The van der Waals surface area contributed by atoms with Crippen molar-refractivity contribution in [1.29, 1.82) is 0 Å². The molecule has 360 valence electrons. The highest BCUT2D eigenvalue weighted by molar-refractivity contribution is 6.33. The number of nitrogens with zero attached hydrogens (tertiary/aromatic N) is 6. The number of aromatic hydroxyl groups is 1. The summed E-state index contributed by atoms with van der Waals surface area (Å²) in [4.78, 5) is 75.9. The second-order valence-corrected chi connectivity index (χ2v) is 17.9. The number of anilines is 2. The molecule has 0 radical (unpaired) electrons. The summed E-state index contributed by atoms with van der Waals surface area (Å²) in [5.74, 6) is -0.701. The summed E-state index contributed by atoms with van der Waals surface area (Å²) in [5, 5.41) is 15.2. The fourth-order valence-corrected chi connectivity index (χ4v) is 7.75. The van der Waals surface area contributed by atoms with Gasteiger partial charge in [0.1, 0.15) is 46.7 Å². The lowest BCUT2D eigenvalue weighted by molar-refractivity contribution is -0.134. The van der Waals surface area contributed by atoms with Crippen LogP contribution in [0.15, 0.2) is 122 Å². The summed E-state index contributed by atoms with van der Waals surface area (Å²) in [7, 11) is 0. The number of phenolic OH excluding ortho intramolecular Hbond substituents is 1. The number of aromatic nitrogens is 6. The van der Waals surface area contributed by atoms with Crippen LogP contribution in [-0.4, -0.2) is 58.4 Å². The van der Waals surface area contributed by atoms with Crippen molar-refractivity contribution in [3.63, 3.8) is 0 Å². The summed E-state index contributed by atoms with van der Waals surface area (Å²) in [6.07, 6.45) is 5.28. The smallest absolute Gasteiger partial charge is 0.249 e. The largest absolute Gasteiger partial charge is 0.508 e. The third kappa shape index (κ3) is 11.7. The lowest BCUT2D eigenvalue weighted by atomic mass is 9.88. The average Bonchev–Trinajstić information content (AvgIpc) is 4.30. The zero-order valence-electron chi connectivity index (χ0n) is 39.1. The maximum Gasteiger partial charge on any atom is 0.249 e. The number of pyridine rings is 2. The molecule has 10 rings (SSSR count). The van der Waals surface area contributed by atoms with E-state index in [0.29, 0.717) is 70.4 Å². The van der Waals surface area contributed by atoms with Crippen molar-refractivity contribution in [1.82, 2.24) is 29.9 Å². The Labute approximate surface area is 412 Å². The van der Waals surface area contributed by atoms with Crippen molar-refractivity contribution < 1.29 is 37.8 Å². The first kappa shape index (κ1) is 49.3. The van der Waals surface area contributed by atoms with E-state index >= 15 is 0 Å². The molecule has 4 aromatic carbocycles. The van der Waals surface area contributed by atoms with Crippen LogP contribution in [-0.2, 0) is 32.0 Å². The molecule has 17 heteroatoms. The molecule has 8 aromatic rings. The number of hydrogen-bond donors (Lipinski definition) is 3. The fourth-order valence-electron chi connectivity index (χ4n) is 7.57. The number of carbonyl (C=O) groups is 4. The number of carbonyl (C=O) groups excluding carboxylic acids is 4. The van der Waals surface area contributed by atoms with Gasteiger partial charge in [0.05, 0.1) is 16.4 Å². The van der Waals surface area contributed by atoms with Gasteiger partial charge in [0, 0.05) is 35.6 Å². The molecule has 0 bridgehead atoms. The molecular formula is C54H47ClF2N8O6. The number of rotatable bonds is 12. The standard InChI is InChI=1S/C26H22FN5O3.C19H17FO3.C9H8ClN3/c1-15-13-21-22(30-16(15)2)23(29-14-28-21)35-20-9-7-19(8-10-20)32-25(34)26(11-12-26)24(33)31-18-5-3-17(27)4-6-18;20-15-5-1-13(2-6-15)11-17(22)19(9-10-19)18(23)12-14-3-7-16(21)8-4-14;1-5-3-7-8(13-6(5)2)9(10)12-4-11-7/h3-10,13-14H,11-12H2,1-2H3,(H,31,33)(H,32,34);1-8,21H,9-12H2;3-4H,1-2H3. The molecule has 2 amide bonds. The first-order chi connectivity index (χ1) is 34.0. The van der Waals surface area contributed by atoms with Crippen LogP contribution in [0, 0.1) is 50.2 Å². The van der Waals surface area contributed by atoms with Gasteiger partial charge in [-0.2, -0.15) is 4.98 Å². The zero-order chi connectivity index (χ0) is 50.5. The third-order valence-corrected chi connectivity index (χ3v) is 12.8. The molecule has 14 nitrogen and oxygen atoms in total. The van der Waals surface area contributed by atoms with E-state index in [2.05, 4.69) is 40.5 Å². The van der Waals surface area contributed by atoms with Gasteiger partial charge < -0.3 is 20.5 Å². The number of fused-ring (bicyclic) bond motifs is 2. The normalized spacial score (nSPS) is 13.7. The van der Waals surface area contributed by atoms with E-state index in [4.69, 9.17) is 16.3 Å². The Balaban J connectivity index is 0.000000160. The molecule has 0 aliphatic heterocycles. The van der Waals surface area contributed by atoms with Crippen LogP contribution in [0.1, 0.15) is 59.3 Å². The van der Waals surface area contributed by atoms with Crippen molar-refractivity contribution in [3.8, 4) is 17.4 Å². The van der Waals surface area contributed by atoms with E-state index in [-0.39, 0.29) is 41.9 Å². The van der Waals surface area contributed by atoms with E-state index in [0.717, 1.165) is 39.2 Å². The number of ketones is 2. The van der Waals surface area contributed by atoms with Crippen molar-refractivity contribution in [2.45, 2.75) is 66.2 Å². The minimum atomic E-state index is -1.13. The van der Waals surface area contributed by atoms with Crippen LogP contribution in [0.2, 0.25) is 5.15 Å². The molecule has 0 saturated heterocycles. The first-order valence-electron chi connectivity index (χ1n) is 22.6. The number of phenols is 1. The summed E-state index contributed by atoms with van der Waals surface area (Å²) < 4.78 is 31.9. The molecule has 4 heterocycles. The molecule has 4 aromatic heterocycles. The fraction of sp³-hybridized carbons (Fsp3) is 0.222. The summed E-state index contributed by atoms with van der Waals surface area (Å²) in [6.45, 7) is 7.82. The highest BCUT2D eigenvalue weighted by Crippen LogP contribution is 2.49. The van der Waals surface area contributed by atoms with Gasteiger partial charge in [-0.25, -0.2) is 33.7 Å². The Morgan fingerprint density at radius 3 is 1.54 bits per heavy atom. The maximum absolute atomic E-state index is 13.1. The van der Waals surface area contributed by atoms with Gasteiger partial charge in [0.25, 0.3) is 0 Å². The second-order valence-electron chi connectivity index (χ2n) is 17.6. The predicted molar refractivity (Wildman–Crippen MR) is 264 cm³/mol. The van der Waals surface area contributed by atoms with Crippen molar-refractivity contribution >= 4 is 68.4 Å². The highest BCUT2D eigenvalue weighted by atomic mass is 35.5. The number of nitrogens with one attached hydrogen (secondary N) is 2. The molecule has 3 N–H and O–H groups in total. The van der Waals surface area contributed by atoms with Crippen molar-refractivity contribution in [2.75, 3.05) is 10.6 Å². The first-order valence-corrected chi connectivity index (χ1v) is 23.0. The SMILES string of the molecule is Cc1cc2ncnc(Cl)c2nc1C.Cc1cc2ncnc(Oc3ccc(NC(=O)C4(C(=O)Nc5ccc(F)cc5)CC4)cc3)c2nc1C.O=C(Cc1ccc(O)cc1)C1(C(=O)Cc2ccc(F)cc2)CC1. The second kappa shape index (κ2) is 20.9. The minimum Gasteiger partial charge on any atom is -0.508 e. The molecular weight excluding hydrogens is 930 g/mol. The molecule has 0 unspecified atom stereocenters. The molecule has 2 fully saturated rings. The number of benzene rings is 4. The van der Waals surface area contributed by atoms with Gasteiger partial charge >= 0.3 is 0 Å². The summed E-state index contributed by atoms with van der Waals surface area (Å²) >= 11 is 5.87. The number of hydrogen-bond acceptors (Lipinski definition) is 12. The predicted octanol–water partition coefficient (Wildman–Crippen LogP) is 10.5. The van der Waals surface area contributed by atoms with Crippen molar-refractivity contribution in [2.24, 2.45) is 10.8 Å². The van der Waals surface area contributed by atoms with E-state index in [1.807, 2.05) is 39.8 Å². The minimum absolute atomic E-state index is 0.0738. The number of halogens is 3. The van der Waals surface area contributed by atoms with E-state index < -0.39 is 22.6 Å². The molecule has 0 spiro atoms. The highest BCUT2D eigenvalue weighted by Gasteiger charge is 2.57. The average molecular weight is 977 g/mol. The maximum atomic E-state index is 13.1. The number of ether oxygens (including phenoxy) is 1. The van der Waals surface area contributed by atoms with Crippen LogP contribution < -0.4 is 15.4 Å². The topological polar surface area (TPSA) is 199 Å². The van der Waals surface area contributed by atoms with E-state index in [9.17, 15) is 33.1 Å². The van der Waals surface area contributed by atoms with Crippen LogP contribution in [0.5, 0.6) is 17.4 Å². The van der Waals surface area contributed by atoms with Gasteiger partial charge in [0.15, 0.2) is 22.2 Å². The summed E-state index contributed by atoms with van der Waals surface area (Å²) in [6, 6.07) is 28.3.